The highest BCUT2D eigenvalue weighted by molar-refractivity contribution is 7.80. The highest BCUT2D eigenvalue weighted by Crippen LogP contribution is 2.29. The zero-order valence-corrected chi connectivity index (χ0v) is 20.9. The van der Waals surface area contributed by atoms with E-state index in [2.05, 4.69) is 40.2 Å². The zero-order valence-electron chi connectivity index (χ0n) is 20.0. The summed E-state index contributed by atoms with van der Waals surface area (Å²) >= 11 is 5.38. The Morgan fingerprint density at radius 3 is 2.37 bits per heavy atom. The molecule has 5 rings (SSSR count). The topological polar surface area (TPSA) is 54.3 Å². The van der Waals surface area contributed by atoms with E-state index in [-0.39, 0.29) is 10.7 Å². The monoisotopic (exact) mass is 479 g/mol. The largest absolute Gasteiger partial charge is 0.318 e. The fourth-order valence-electron chi connectivity index (χ4n) is 4.64. The Labute approximate surface area is 209 Å². The minimum absolute atomic E-state index is 0.0540. The molecule has 1 aliphatic heterocycles. The van der Waals surface area contributed by atoms with Gasteiger partial charge in [-0.2, -0.15) is 0 Å². The molecule has 0 saturated carbocycles. The molecule has 35 heavy (non-hydrogen) atoms. The second-order valence-corrected chi connectivity index (χ2v) is 9.33. The van der Waals surface area contributed by atoms with E-state index >= 15 is 0 Å². The van der Waals surface area contributed by atoms with Crippen molar-refractivity contribution in [2.24, 2.45) is 0 Å². The molecule has 0 spiro atoms. The molecule has 1 aromatic heterocycles. The molecule has 0 bridgehead atoms. The molecule has 0 aliphatic carbocycles. The van der Waals surface area contributed by atoms with Crippen LogP contribution in [0, 0.1) is 27.7 Å². The summed E-state index contributed by atoms with van der Waals surface area (Å²) in [6.07, 6.45) is 1.66. The normalized spacial score (nSPS) is 15.3. The number of aromatic nitrogens is 1. The van der Waals surface area contributed by atoms with Crippen molar-refractivity contribution in [3.63, 3.8) is 0 Å². The van der Waals surface area contributed by atoms with Crippen molar-refractivity contribution in [3.8, 4) is 5.69 Å². The van der Waals surface area contributed by atoms with Gasteiger partial charge in [-0.25, -0.2) is 0 Å². The molecular formula is C29H25N3O2S. The molecule has 174 valence electrons. The molecule has 2 heterocycles. The van der Waals surface area contributed by atoms with Crippen molar-refractivity contribution in [3.05, 3.63) is 100 Å². The summed E-state index contributed by atoms with van der Waals surface area (Å²) in [5, 5.41) is 5.10. The molecule has 1 saturated heterocycles. The van der Waals surface area contributed by atoms with Gasteiger partial charge in [0.05, 0.1) is 5.69 Å². The third-order valence-electron chi connectivity index (χ3n) is 6.47. The van der Waals surface area contributed by atoms with Gasteiger partial charge in [0.2, 0.25) is 0 Å². The van der Waals surface area contributed by atoms with Crippen molar-refractivity contribution in [2.45, 2.75) is 27.7 Å². The minimum atomic E-state index is -0.489. The lowest BCUT2D eigenvalue weighted by atomic mass is 10.0. The average molecular weight is 480 g/mol. The van der Waals surface area contributed by atoms with E-state index < -0.39 is 11.8 Å². The Morgan fingerprint density at radius 2 is 1.60 bits per heavy atom. The van der Waals surface area contributed by atoms with Gasteiger partial charge in [0.15, 0.2) is 5.11 Å². The number of fused-ring (bicyclic) bond motifs is 1. The first-order chi connectivity index (χ1) is 16.7. The molecule has 4 aromatic rings. The Balaban J connectivity index is 1.58. The average Bonchev–Trinajstić information content (AvgIpc) is 3.11. The maximum absolute atomic E-state index is 13.5. The van der Waals surface area contributed by atoms with Gasteiger partial charge in [-0.05, 0) is 97.7 Å². The van der Waals surface area contributed by atoms with Crippen molar-refractivity contribution >= 4 is 51.7 Å². The highest BCUT2D eigenvalue weighted by atomic mass is 32.1. The van der Waals surface area contributed by atoms with Gasteiger partial charge in [0.1, 0.15) is 5.57 Å². The van der Waals surface area contributed by atoms with Crippen LogP contribution < -0.4 is 10.2 Å². The van der Waals surface area contributed by atoms with Crippen LogP contribution in [0.3, 0.4) is 0 Å². The Kier molecular flexibility index (Phi) is 5.61. The van der Waals surface area contributed by atoms with Gasteiger partial charge in [0, 0.05) is 17.1 Å². The van der Waals surface area contributed by atoms with Crippen LogP contribution in [0.25, 0.3) is 22.5 Å². The van der Waals surface area contributed by atoms with Crippen LogP contribution >= 0.6 is 12.2 Å². The first kappa shape index (κ1) is 22.7. The Hall–Kier alpha value is -4.03. The van der Waals surface area contributed by atoms with E-state index in [1.165, 1.54) is 10.3 Å². The molecule has 1 fully saturated rings. The quantitative estimate of drug-likeness (QED) is 0.233. The highest BCUT2D eigenvalue weighted by Gasteiger charge is 2.35. The van der Waals surface area contributed by atoms with Crippen molar-refractivity contribution in [1.82, 2.24) is 9.88 Å². The first-order valence-corrected chi connectivity index (χ1v) is 11.8. The molecule has 0 unspecified atom stereocenters. The summed E-state index contributed by atoms with van der Waals surface area (Å²) < 4.78 is 2.14. The molecule has 0 atom stereocenters. The van der Waals surface area contributed by atoms with Crippen LogP contribution in [-0.4, -0.2) is 21.5 Å². The lowest BCUT2D eigenvalue weighted by molar-refractivity contribution is -0.122. The third-order valence-corrected chi connectivity index (χ3v) is 6.75. The summed E-state index contributed by atoms with van der Waals surface area (Å²) in [6, 6.07) is 22.4. The van der Waals surface area contributed by atoms with Crippen LogP contribution in [0.4, 0.5) is 5.69 Å². The van der Waals surface area contributed by atoms with Gasteiger partial charge >= 0.3 is 0 Å². The van der Waals surface area contributed by atoms with Gasteiger partial charge in [-0.15, -0.1) is 0 Å². The fourth-order valence-corrected chi connectivity index (χ4v) is 4.91. The van der Waals surface area contributed by atoms with Crippen LogP contribution in [0.5, 0.6) is 0 Å². The number of thiocarbonyl (C=S) groups is 1. The van der Waals surface area contributed by atoms with Gasteiger partial charge in [-0.3, -0.25) is 19.8 Å². The van der Waals surface area contributed by atoms with Crippen molar-refractivity contribution < 1.29 is 9.59 Å². The molecule has 6 heteroatoms. The SMILES string of the molecule is Cc1ccc(C)c(N2C(=O)/C(=C/c3cc(C)n(-c4ccc5ccccc5c4)c3C)C(=O)NC2=S)c1. The lowest BCUT2D eigenvalue weighted by Crippen LogP contribution is -2.54. The number of carbonyl (C=O) groups excluding carboxylic acids is 2. The molecule has 3 aromatic carbocycles. The van der Waals surface area contributed by atoms with E-state index in [9.17, 15) is 9.59 Å². The Morgan fingerprint density at radius 1 is 0.857 bits per heavy atom. The van der Waals surface area contributed by atoms with E-state index in [0.717, 1.165) is 39.2 Å². The van der Waals surface area contributed by atoms with Crippen molar-refractivity contribution in [2.75, 3.05) is 4.90 Å². The lowest BCUT2D eigenvalue weighted by Gasteiger charge is -2.30. The fraction of sp³-hybridized carbons (Fsp3) is 0.138. The van der Waals surface area contributed by atoms with Gasteiger partial charge in [0.25, 0.3) is 11.8 Å². The predicted molar refractivity (Wildman–Crippen MR) is 145 cm³/mol. The smallest absolute Gasteiger partial charge is 0.270 e. The standard InChI is InChI=1S/C29H25N3O2S/c1-17-9-10-18(2)26(13-17)32-28(34)25(27(33)30-29(32)35)16-23-14-19(3)31(20(23)4)24-12-11-21-7-5-6-8-22(21)15-24/h5-16H,1-4H3,(H,30,33,35)/b25-16+. The molecular weight excluding hydrogens is 454 g/mol. The maximum atomic E-state index is 13.5. The number of hydrogen-bond acceptors (Lipinski definition) is 3. The second-order valence-electron chi connectivity index (χ2n) is 8.94. The van der Waals surface area contributed by atoms with Crippen LogP contribution in [-0.2, 0) is 9.59 Å². The third kappa shape index (κ3) is 3.96. The van der Waals surface area contributed by atoms with Crippen LogP contribution in [0.2, 0.25) is 0 Å². The zero-order chi connectivity index (χ0) is 24.9. The first-order valence-electron chi connectivity index (χ1n) is 11.4. The summed E-state index contributed by atoms with van der Waals surface area (Å²) in [5.41, 5.74) is 6.42. The summed E-state index contributed by atoms with van der Waals surface area (Å²) in [7, 11) is 0. The summed E-state index contributed by atoms with van der Waals surface area (Å²) in [5.74, 6) is -0.917. The van der Waals surface area contributed by atoms with Gasteiger partial charge in [-0.1, -0.05) is 42.5 Å². The number of amides is 2. The predicted octanol–water partition coefficient (Wildman–Crippen LogP) is 5.70. The number of carbonyl (C=O) groups is 2. The van der Waals surface area contributed by atoms with E-state index in [0.29, 0.717) is 5.69 Å². The molecule has 1 N–H and O–H groups in total. The van der Waals surface area contributed by atoms with Gasteiger partial charge < -0.3 is 4.57 Å². The van der Waals surface area contributed by atoms with Crippen LogP contribution in [0.1, 0.15) is 28.1 Å². The van der Waals surface area contributed by atoms with E-state index in [4.69, 9.17) is 12.2 Å². The number of nitrogens with one attached hydrogen (secondary N) is 1. The number of nitrogens with zero attached hydrogens (tertiary/aromatic N) is 2. The van der Waals surface area contributed by atoms with Crippen molar-refractivity contribution in [1.29, 1.82) is 0 Å². The Bertz CT molecular complexity index is 1580. The molecule has 2 amide bonds. The summed E-state index contributed by atoms with van der Waals surface area (Å²) in [4.78, 5) is 27.8. The second kappa shape index (κ2) is 8.64. The number of anilines is 1. The number of hydrogen-bond donors (Lipinski definition) is 1. The summed E-state index contributed by atoms with van der Waals surface area (Å²) in [6.45, 7) is 7.89. The van der Waals surface area contributed by atoms with E-state index in [1.807, 2.05) is 64.1 Å². The minimum Gasteiger partial charge on any atom is -0.318 e. The molecule has 1 aliphatic rings. The number of benzene rings is 3. The van der Waals surface area contributed by atoms with E-state index in [1.54, 1.807) is 6.08 Å². The van der Waals surface area contributed by atoms with Crippen LogP contribution in [0.15, 0.2) is 72.3 Å². The molecule has 5 nitrogen and oxygen atoms in total. The number of aryl methyl sites for hydroxylation is 3. The maximum Gasteiger partial charge on any atom is 0.270 e. The number of rotatable bonds is 3. The molecule has 0 radical (unpaired) electrons.